The molecule has 4 aromatic rings. The van der Waals surface area contributed by atoms with E-state index in [-0.39, 0.29) is 11.8 Å². The van der Waals surface area contributed by atoms with Crippen molar-refractivity contribution >= 4 is 22.5 Å². The summed E-state index contributed by atoms with van der Waals surface area (Å²) in [4.78, 5) is 18.2. The van der Waals surface area contributed by atoms with Crippen LogP contribution < -0.4 is 10.2 Å². The predicted molar refractivity (Wildman–Crippen MR) is 121 cm³/mol. The van der Waals surface area contributed by atoms with E-state index >= 15 is 0 Å². The zero-order chi connectivity index (χ0) is 21.3. The van der Waals surface area contributed by atoms with Crippen LogP contribution in [-0.2, 0) is 0 Å². The molecular weight excluding hydrogens is 374 g/mol. The van der Waals surface area contributed by atoms with Crippen LogP contribution in [0.3, 0.4) is 0 Å². The Hall–Kier alpha value is -3.47. The van der Waals surface area contributed by atoms with Crippen LogP contribution in [0, 0.1) is 13.8 Å². The van der Waals surface area contributed by atoms with Gasteiger partial charge in [-0.25, -0.2) is 0 Å². The lowest BCUT2D eigenvalue weighted by Crippen LogP contribution is -2.29. The molecule has 1 unspecified atom stereocenters. The number of carbonyl (C=O) groups is 1. The quantitative estimate of drug-likeness (QED) is 0.478. The molecule has 0 aliphatic rings. The molecule has 5 nitrogen and oxygen atoms in total. The van der Waals surface area contributed by atoms with Crippen LogP contribution >= 0.6 is 0 Å². The number of para-hydroxylation sites is 1. The number of benzene rings is 2. The second-order valence-electron chi connectivity index (χ2n) is 7.87. The van der Waals surface area contributed by atoms with Gasteiger partial charge in [-0.15, -0.1) is 0 Å². The van der Waals surface area contributed by atoms with Gasteiger partial charge in [-0.05, 0) is 49.2 Å². The molecule has 0 spiro atoms. The van der Waals surface area contributed by atoms with Gasteiger partial charge in [0.2, 0.25) is 0 Å². The molecule has 5 heteroatoms. The van der Waals surface area contributed by atoms with Crippen molar-refractivity contribution in [2.24, 2.45) is 0 Å². The molecule has 2 aromatic heterocycles. The highest BCUT2D eigenvalue weighted by Gasteiger charge is 2.21. The van der Waals surface area contributed by atoms with Crippen LogP contribution in [0.5, 0.6) is 0 Å². The molecule has 0 fully saturated rings. The largest absolute Gasteiger partial charge is 0.466 e. The number of carbonyl (C=O) groups excluding carboxylic acids is 1. The smallest absolute Gasteiger partial charge is 0.254 e. The lowest BCUT2D eigenvalue weighted by atomic mass is 9.90. The van der Waals surface area contributed by atoms with Crippen molar-refractivity contribution in [1.82, 2.24) is 10.3 Å². The number of hydrogen-bond acceptors (Lipinski definition) is 3. The fourth-order valence-electron chi connectivity index (χ4n) is 3.94. The van der Waals surface area contributed by atoms with Crippen LogP contribution in [0.15, 0.2) is 65.2 Å². The first-order chi connectivity index (χ1) is 14.4. The Labute approximate surface area is 176 Å². The van der Waals surface area contributed by atoms with Crippen LogP contribution in [0.1, 0.15) is 38.9 Å². The second kappa shape index (κ2) is 8.11. The SMILES string of the molecule is Cc1cc(C(=O)NCC(c2ccc(N(C)C)cc2)c2c[nH]c3ccccc23)c(C)o1. The normalized spacial score (nSPS) is 12.1. The van der Waals surface area contributed by atoms with E-state index in [4.69, 9.17) is 4.42 Å². The van der Waals surface area contributed by atoms with E-state index in [1.54, 1.807) is 6.07 Å². The van der Waals surface area contributed by atoms with E-state index in [1.165, 1.54) is 10.9 Å². The lowest BCUT2D eigenvalue weighted by Gasteiger charge is -2.20. The number of furan rings is 1. The van der Waals surface area contributed by atoms with E-state index in [2.05, 4.69) is 57.8 Å². The minimum absolute atomic E-state index is 0.0228. The number of aromatic amines is 1. The zero-order valence-corrected chi connectivity index (χ0v) is 17.8. The number of rotatable bonds is 6. The summed E-state index contributed by atoms with van der Waals surface area (Å²) in [5, 5.41) is 4.29. The third-order valence-electron chi connectivity index (χ3n) is 5.56. The maximum atomic E-state index is 12.8. The number of nitrogens with one attached hydrogen (secondary N) is 2. The Morgan fingerprint density at radius 2 is 1.83 bits per heavy atom. The Morgan fingerprint density at radius 1 is 1.10 bits per heavy atom. The highest BCUT2D eigenvalue weighted by atomic mass is 16.3. The predicted octanol–water partition coefficient (Wildman–Crippen LogP) is 5.01. The van der Waals surface area contributed by atoms with Gasteiger partial charge in [-0.3, -0.25) is 4.79 Å². The lowest BCUT2D eigenvalue weighted by molar-refractivity contribution is 0.0951. The second-order valence-corrected chi connectivity index (χ2v) is 7.87. The van der Waals surface area contributed by atoms with Crippen molar-refractivity contribution in [1.29, 1.82) is 0 Å². The number of hydrogen-bond donors (Lipinski definition) is 2. The Bertz CT molecular complexity index is 1170. The van der Waals surface area contributed by atoms with Gasteiger partial charge in [0, 0.05) is 49.3 Å². The number of amides is 1. The molecule has 0 radical (unpaired) electrons. The fourth-order valence-corrected chi connectivity index (χ4v) is 3.94. The molecule has 2 aromatic carbocycles. The van der Waals surface area contributed by atoms with Crippen molar-refractivity contribution in [2.45, 2.75) is 19.8 Å². The summed E-state index contributed by atoms with van der Waals surface area (Å²) in [6.07, 6.45) is 2.05. The molecular formula is C25H27N3O2. The molecule has 0 saturated carbocycles. The maximum absolute atomic E-state index is 12.8. The van der Waals surface area contributed by atoms with Gasteiger partial charge in [0.25, 0.3) is 5.91 Å². The third kappa shape index (κ3) is 3.83. The van der Waals surface area contributed by atoms with Crippen LogP contribution in [-0.4, -0.2) is 31.5 Å². The molecule has 1 amide bonds. The first-order valence-corrected chi connectivity index (χ1v) is 10.1. The van der Waals surface area contributed by atoms with Gasteiger partial charge >= 0.3 is 0 Å². The summed E-state index contributed by atoms with van der Waals surface area (Å²) >= 11 is 0. The van der Waals surface area contributed by atoms with Crippen LogP contribution in [0.4, 0.5) is 5.69 Å². The van der Waals surface area contributed by atoms with Crippen molar-refractivity contribution in [3.63, 3.8) is 0 Å². The molecule has 30 heavy (non-hydrogen) atoms. The van der Waals surface area contributed by atoms with Gasteiger partial charge in [-0.2, -0.15) is 0 Å². The van der Waals surface area contributed by atoms with Crippen molar-refractivity contribution in [3.8, 4) is 0 Å². The average Bonchev–Trinajstić information content (AvgIpc) is 3.31. The number of fused-ring (bicyclic) bond motifs is 1. The number of aryl methyl sites for hydroxylation is 2. The molecule has 154 valence electrons. The van der Waals surface area contributed by atoms with Crippen molar-refractivity contribution in [2.75, 3.05) is 25.5 Å². The molecule has 1 atom stereocenters. The Balaban J connectivity index is 1.66. The van der Waals surface area contributed by atoms with E-state index < -0.39 is 0 Å². The minimum Gasteiger partial charge on any atom is -0.466 e. The standard InChI is InChI=1S/C25H27N3O2/c1-16-13-21(17(2)30-16)25(29)27-14-22(18-9-11-19(12-10-18)28(3)4)23-15-26-24-8-6-5-7-20(23)24/h5-13,15,22,26H,14H2,1-4H3,(H,27,29). The van der Waals surface area contributed by atoms with Crippen molar-refractivity contribution < 1.29 is 9.21 Å². The summed E-state index contributed by atoms with van der Waals surface area (Å²) in [7, 11) is 4.06. The van der Waals surface area contributed by atoms with E-state index in [1.807, 2.05) is 40.1 Å². The number of anilines is 1. The Morgan fingerprint density at radius 3 is 2.50 bits per heavy atom. The molecule has 0 aliphatic heterocycles. The number of H-pyrrole nitrogens is 1. The molecule has 0 saturated heterocycles. The summed E-state index contributed by atoms with van der Waals surface area (Å²) < 4.78 is 5.52. The van der Waals surface area contributed by atoms with E-state index in [0.29, 0.717) is 17.9 Å². The number of nitrogens with zero attached hydrogens (tertiary/aromatic N) is 1. The monoisotopic (exact) mass is 401 g/mol. The highest BCUT2D eigenvalue weighted by molar-refractivity contribution is 5.95. The first kappa shape index (κ1) is 19.8. The summed E-state index contributed by atoms with van der Waals surface area (Å²) in [5.41, 5.74) is 5.16. The number of aromatic nitrogens is 1. The zero-order valence-electron chi connectivity index (χ0n) is 17.8. The van der Waals surface area contributed by atoms with E-state index in [0.717, 1.165) is 22.5 Å². The third-order valence-corrected chi connectivity index (χ3v) is 5.56. The van der Waals surface area contributed by atoms with Crippen LogP contribution in [0.25, 0.3) is 10.9 Å². The fraction of sp³-hybridized carbons (Fsp3) is 0.240. The summed E-state index contributed by atoms with van der Waals surface area (Å²) in [5.74, 6) is 1.29. The Kier molecular flexibility index (Phi) is 5.36. The average molecular weight is 402 g/mol. The van der Waals surface area contributed by atoms with Gasteiger partial charge in [0.15, 0.2) is 0 Å². The van der Waals surface area contributed by atoms with Crippen molar-refractivity contribution in [3.05, 3.63) is 89.0 Å². The van der Waals surface area contributed by atoms with Gasteiger partial charge in [0.05, 0.1) is 5.56 Å². The highest BCUT2D eigenvalue weighted by Crippen LogP contribution is 2.31. The molecule has 2 heterocycles. The molecule has 2 N–H and O–H groups in total. The first-order valence-electron chi connectivity index (χ1n) is 10.1. The maximum Gasteiger partial charge on any atom is 0.254 e. The van der Waals surface area contributed by atoms with Crippen LogP contribution in [0.2, 0.25) is 0 Å². The van der Waals surface area contributed by atoms with E-state index in [9.17, 15) is 4.79 Å². The molecule has 0 bridgehead atoms. The molecule has 0 aliphatic carbocycles. The summed E-state index contributed by atoms with van der Waals surface area (Å²) in [6.45, 7) is 4.16. The van der Waals surface area contributed by atoms with Gasteiger partial charge in [-0.1, -0.05) is 30.3 Å². The van der Waals surface area contributed by atoms with Gasteiger partial charge in [0.1, 0.15) is 11.5 Å². The summed E-state index contributed by atoms with van der Waals surface area (Å²) in [6, 6.07) is 18.6. The molecule has 4 rings (SSSR count). The topological polar surface area (TPSA) is 61.3 Å². The van der Waals surface area contributed by atoms with Gasteiger partial charge < -0.3 is 19.6 Å². The minimum atomic E-state index is -0.112.